The maximum atomic E-state index is 12.2. The molecule has 1 aromatic heterocycles. The van der Waals surface area contributed by atoms with Crippen molar-refractivity contribution < 1.29 is 19.4 Å². The fourth-order valence-corrected chi connectivity index (χ4v) is 3.52. The predicted octanol–water partition coefficient (Wildman–Crippen LogP) is 2.75. The van der Waals surface area contributed by atoms with Gasteiger partial charge in [-0.1, -0.05) is 18.2 Å². The van der Waals surface area contributed by atoms with Gasteiger partial charge >= 0.3 is 5.97 Å². The number of hydrogen-bond acceptors (Lipinski definition) is 5. The Labute approximate surface area is 157 Å². The molecular formula is C19H24N2O4S. The first-order valence-electron chi connectivity index (χ1n) is 8.39. The van der Waals surface area contributed by atoms with E-state index in [-0.39, 0.29) is 18.2 Å². The minimum Gasteiger partial charge on any atom is -0.451 e. The highest BCUT2D eigenvalue weighted by Crippen LogP contribution is 2.24. The summed E-state index contributed by atoms with van der Waals surface area (Å²) < 4.78 is 5.06. The SMILES string of the molecule is Cc1[nH]c(C(=O)OCC(=O)NCCSc2ccccc2)c(C)c1[C@@H](C)O. The summed E-state index contributed by atoms with van der Waals surface area (Å²) in [5.41, 5.74) is 2.30. The van der Waals surface area contributed by atoms with E-state index in [0.717, 1.165) is 10.6 Å². The fourth-order valence-electron chi connectivity index (χ4n) is 2.73. The number of rotatable bonds is 8. The van der Waals surface area contributed by atoms with Crippen molar-refractivity contribution in [3.05, 3.63) is 52.8 Å². The van der Waals surface area contributed by atoms with Crippen LogP contribution in [0.15, 0.2) is 35.2 Å². The number of aryl methyl sites for hydroxylation is 1. The van der Waals surface area contributed by atoms with Gasteiger partial charge in [0, 0.05) is 28.5 Å². The first-order chi connectivity index (χ1) is 12.4. The molecule has 1 amide bonds. The molecule has 1 atom stereocenters. The number of hydrogen-bond donors (Lipinski definition) is 3. The van der Waals surface area contributed by atoms with Gasteiger partial charge in [0.2, 0.25) is 0 Å². The number of carbonyl (C=O) groups excluding carboxylic acids is 2. The maximum absolute atomic E-state index is 12.2. The first kappa shape index (κ1) is 20.1. The van der Waals surface area contributed by atoms with E-state index in [1.165, 1.54) is 0 Å². The Morgan fingerprint density at radius 1 is 1.27 bits per heavy atom. The normalized spacial score (nSPS) is 11.8. The van der Waals surface area contributed by atoms with Crippen LogP contribution in [0.1, 0.15) is 40.3 Å². The highest BCUT2D eigenvalue weighted by Gasteiger charge is 2.21. The summed E-state index contributed by atoms with van der Waals surface area (Å²) in [6, 6.07) is 9.91. The highest BCUT2D eigenvalue weighted by molar-refractivity contribution is 7.99. The summed E-state index contributed by atoms with van der Waals surface area (Å²) in [5.74, 6) is -0.217. The molecule has 0 saturated heterocycles. The Bertz CT molecular complexity index is 756. The predicted molar refractivity (Wildman–Crippen MR) is 101 cm³/mol. The Balaban J connectivity index is 1.75. The lowest BCUT2D eigenvalue weighted by Crippen LogP contribution is -2.30. The Hall–Kier alpha value is -2.25. The number of thioether (sulfide) groups is 1. The Morgan fingerprint density at radius 3 is 2.58 bits per heavy atom. The first-order valence-corrected chi connectivity index (χ1v) is 9.37. The van der Waals surface area contributed by atoms with E-state index < -0.39 is 12.1 Å². The van der Waals surface area contributed by atoms with Gasteiger partial charge in [-0.2, -0.15) is 0 Å². The number of benzene rings is 1. The van der Waals surface area contributed by atoms with Crippen LogP contribution < -0.4 is 5.32 Å². The smallest absolute Gasteiger partial charge is 0.355 e. The third-order valence-corrected chi connectivity index (χ3v) is 4.90. The van der Waals surface area contributed by atoms with Crippen LogP contribution in [0, 0.1) is 13.8 Å². The number of aromatic nitrogens is 1. The molecule has 0 aliphatic heterocycles. The van der Waals surface area contributed by atoms with E-state index in [4.69, 9.17) is 4.74 Å². The van der Waals surface area contributed by atoms with E-state index in [1.54, 1.807) is 32.5 Å². The molecule has 0 bridgehead atoms. The molecule has 0 aliphatic rings. The summed E-state index contributed by atoms with van der Waals surface area (Å²) in [4.78, 5) is 28.0. The molecule has 6 nitrogen and oxygen atoms in total. The van der Waals surface area contributed by atoms with Gasteiger partial charge in [0.05, 0.1) is 6.10 Å². The number of amides is 1. The van der Waals surface area contributed by atoms with E-state index in [2.05, 4.69) is 10.3 Å². The summed E-state index contributed by atoms with van der Waals surface area (Å²) in [7, 11) is 0. The van der Waals surface area contributed by atoms with Gasteiger partial charge in [0.25, 0.3) is 5.91 Å². The Morgan fingerprint density at radius 2 is 1.96 bits per heavy atom. The zero-order chi connectivity index (χ0) is 19.1. The minimum atomic E-state index is -0.682. The molecule has 1 aromatic carbocycles. The molecule has 0 radical (unpaired) electrons. The lowest BCUT2D eigenvalue weighted by Gasteiger charge is -2.07. The van der Waals surface area contributed by atoms with Crippen LogP contribution in [0.5, 0.6) is 0 Å². The number of H-pyrrole nitrogens is 1. The largest absolute Gasteiger partial charge is 0.451 e. The van der Waals surface area contributed by atoms with Crippen LogP contribution >= 0.6 is 11.8 Å². The third-order valence-electron chi connectivity index (χ3n) is 3.89. The van der Waals surface area contributed by atoms with Gasteiger partial charge in [0.1, 0.15) is 5.69 Å². The van der Waals surface area contributed by atoms with Crippen molar-refractivity contribution in [1.29, 1.82) is 0 Å². The Kier molecular flexibility index (Phi) is 7.29. The van der Waals surface area contributed by atoms with Crippen LogP contribution in [0.2, 0.25) is 0 Å². The average molecular weight is 376 g/mol. The molecule has 3 N–H and O–H groups in total. The molecule has 2 aromatic rings. The standard InChI is InChI=1S/C19H24N2O4S/c1-12-17(14(3)22)13(2)21-18(12)19(24)25-11-16(23)20-9-10-26-15-7-5-4-6-8-15/h4-8,14,21-22H,9-11H2,1-3H3,(H,20,23)/t14-/m1/s1. The molecule has 140 valence electrons. The molecule has 0 saturated carbocycles. The van der Waals surface area contributed by atoms with Gasteiger partial charge in [-0.3, -0.25) is 4.79 Å². The fraction of sp³-hybridized carbons (Fsp3) is 0.368. The number of carbonyl (C=O) groups is 2. The summed E-state index contributed by atoms with van der Waals surface area (Å²) in [6.45, 7) is 5.31. The van der Waals surface area contributed by atoms with E-state index >= 15 is 0 Å². The van der Waals surface area contributed by atoms with Crippen molar-refractivity contribution in [2.24, 2.45) is 0 Å². The van der Waals surface area contributed by atoms with Crippen molar-refractivity contribution in [2.75, 3.05) is 18.9 Å². The third kappa shape index (κ3) is 5.37. The van der Waals surface area contributed by atoms with E-state index in [9.17, 15) is 14.7 Å². The maximum Gasteiger partial charge on any atom is 0.355 e. The number of ether oxygens (including phenoxy) is 1. The van der Waals surface area contributed by atoms with Gasteiger partial charge < -0.3 is 20.1 Å². The number of aromatic amines is 1. The zero-order valence-corrected chi connectivity index (χ0v) is 16.0. The van der Waals surface area contributed by atoms with Crippen molar-refractivity contribution >= 4 is 23.6 Å². The van der Waals surface area contributed by atoms with Crippen molar-refractivity contribution in [3.63, 3.8) is 0 Å². The molecule has 7 heteroatoms. The molecule has 1 heterocycles. The lowest BCUT2D eigenvalue weighted by molar-refractivity contribution is -0.124. The monoisotopic (exact) mass is 376 g/mol. The van der Waals surface area contributed by atoms with Crippen molar-refractivity contribution in [3.8, 4) is 0 Å². The van der Waals surface area contributed by atoms with Crippen LogP contribution in [0.3, 0.4) is 0 Å². The van der Waals surface area contributed by atoms with Crippen LogP contribution in [-0.2, 0) is 9.53 Å². The van der Waals surface area contributed by atoms with Gasteiger partial charge in [-0.25, -0.2) is 4.79 Å². The summed E-state index contributed by atoms with van der Waals surface area (Å²) >= 11 is 1.64. The molecule has 0 aliphatic carbocycles. The van der Waals surface area contributed by atoms with E-state index in [1.807, 2.05) is 30.3 Å². The van der Waals surface area contributed by atoms with Crippen LogP contribution in [0.4, 0.5) is 0 Å². The van der Waals surface area contributed by atoms with Crippen LogP contribution in [-0.4, -0.2) is 40.9 Å². The van der Waals surface area contributed by atoms with Gasteiger partial charge in [0.15, 0.2) is 6.61 Å². The quantitative estimate of drug-likeness (QED) is 0.374. The number of nitrogens with one attached hydrogen (secondary N) is 2. The van der Waals surface area contributed by atoms with Crippen LogP contribution in [0.25, 0.3) is 0 Å². The second kappa shape index (κ2) is 9.45. The second-order valence-corrected chi connectivity index (χ2v) is 7.10. The number of aliphatic hydroxyl groups is 1. The molecular weight excluding hydrogens is 352 g/mol. The topological polar surface area (TPSA) is 91.4 Å². The van der Waals surface area contributed by atoms with E-state index in [0.29, 0.717) is 23.4 Å². The van der Waals surface area contributed by atoms with Crippen molar-refractivity contribution in [2.45, 2.75) is 31.8 Å². The number of aliphatic hydroxyl groups excluding tert-OH is 1. The molecule has 26 heavy (non-hydrogen) atoms. The molecule has 0 fully saturated rings. The zero-order valence-electron chi connectivity index (χ0n) is 15.2. The second-order valence-electron chi connectivity index (χ2n) is 5.93. The minimum absolute atomic E-state index is 0.269. The van der Waals surface area contributed by atoms with Gasteiger partial charge in [-0.05, 0) is 38.5 Å². The number of esters is 1. The average Bonchev–Trinajstić information content (AvgIpc) is 2.92. The highest BCUT2D eigenvalue weighted by atomic mass is 32.2. The summed E-state index contributed by atoms with van der Waals surface area (Å²) in [5, 5.41) is 12.5. The molecule has 0 unspecified atom stereocenters. The lowest BCUT2D eigenvalue weighted by atomic mass is 10.1. The molecule has 0 spiro atoms. The summed E-state index contributed by atoms with van der Waals surface area (Å²) in [6.07, 6.45) is -0.682. The van der Waals surface area contributed by atoms with Gasteiger partial charge in [-0.15, -0.1) is 11.8 Å². The molecule has 2 rings (SSSR count). The van der Waals surface area contributed by atoms with Crippen molar-refractivity contribution in [1.82, 2.24) is 10.3 Å².